The maximum absolute atomic E-state index is 14.2. The monoisotopic (exact) mass is 365 g/mol. The van der Waals surface area contributed by atoms with E-state index in [-0.39, 0.29) is 11.7 Å². The van der Waals surface area contributed by atoms with E-state index >= 15 is 0 Å². The third-order valence-electron chi connectivity index (χ3n) is 5.04. The molecule has 0 amide bonds. The highest BCUT2D eigenvalue weighted by Crippen LogP contribution is 2.35. The Morgan fingerprint density at radius 2 is 2.07 bits per heavy atom. The summed E-state index contributed by atoms with van der Waals surface area (Å²) in [4.78, 5) is 8.30. The van der Waals surface area contributed by atoms with Crippen LogP contribution in [0.5, 0.6) is 5.75 Å². The number of hydrogen-bond donors (Lipinski definition) is 1. The number of alkyl halides is 1. The zero-order valence-corrected chi connectivity index (χ0v) is 14.8. The van der Waals surface area contributed by atoms with Gasteiger partial charge in [0.15, 0.2) is 5.82 Å². The van der Waals surface area contributed by atoms with Crippen molar-refractivity contribution < 1.29 is 9.50 Å². The summed E-state index contributed by atoms with van der Waals surface area (Å²) in [5.74, 6) is 0.192. The number of halogens is 1. The first kappa shape index (κ1) is 17.3. The number of imidazole rings is 1. The summed E-state index contributed by atoms with van der Waals surface area (Å²) in [6, 6.07) is 5.23. The molecule has 2 aromatic heterocycles. The van der Waals surface area contributed by atoms with Crippen molar-refractivity contribution in [2.45, 2.75) is 31.9 Å². The van der Waals surface area contributed by atoms with E-state index < -0.39 is 6.17 Å². The lowest BCUT2D eigenvalue weighted by Crippen LogP contribution is -2.22. The molecule has 4 rings (SSSR count). The molecule has 27 heavy (non-hydrogen) atoms. The van der Waals surface area contributed by atoms with Crippen LogP contribution in [-0.2, 0) is 0 Å². The second kappa shape index (κ2) is 7.26. The van der Waals surface area contributed by atoms with Gasteiger partial charge in [-0.1, -0.05) is 19.4 Å². The molecule has 0 unspecified atom stereocenters. The van der Waals surface area contributed by atoms with Gasteiger partial charge in [0, 0.05) is 29.9 Å². The Morgan fingerprint density at radius 1 is 1.22 bits per heavy atom. The predicted molar refractivity (Wildman–Crippen MR) is 99.9 cm³/mol. The Bertz CT molecular complexity index is 940. The van der Waals surface area contributed by atoms with E-state index in [1.165, 1.54) is 6.20 Å². The summed E-state index contributed by atoms with van der Waals surface area (Å²) < 4.78 is 15.9. The highest BCUT2D eigenvalue weighted by molar-refractivity contribution is 5.68. The number of benzene rings is 1. The molecule has 0 aliphatic heterocycles. The molecule has 1 aliphatic carbocycles. The van der Waals surface area contributed by atoms with Gasteiger partial charge in [-0.2, -0.15) is 0 Å². The SMILES string of the molecule is C=C(c1ncc(-c2ccc(-n3ccnc3)cc2O)nn1)[C@@H]1CCCC[C@H]1F. The zero-order chi connectivity index (χ0) is 18.8. The molecule has 0 radical (unpaired) electrons. The number of phenolic OH excluding ortho intramolecular Hbond substituents is 1. The van der Waals surface area contributed by atoms with Crippen LogP contribution in [0.3, 0.4) is 0 Å². The third kappa shape index (κ3) is 3.45. The van der Waals surface area contributed by atoms with Gasteiger partial charge in [0.25, 0.3) is 0 Å². The van der Waals surface area contributed by atoms with Crippen LogP contribution in [0.1, 0.15) is 31.5 Å². The molecule has 6 nitrogen and oxygen atoms in total. The summed E-state index contributed by atoms with van der Waals surface area (Å²) in [7, 11) is 0. The van der Waals surface area contributed by atoms with Gasteiger partial charge in [0.1, 0.15) is 17.6 Å². The molecule has 2 atom stereocenters. The fraction of sp³-hybridized carbons (Fsp3) is 0.300. The molecule has 7 heteroatoms. The van der Waals surface area contributed by atoms with Crippen LogP contribution in [0.25, 0.3) is 22.5 Å². The molecule has 1 saturated carbocycles. The van der Waals surface area contributed by atoms with Crippen LogP contribution in [0.2, 0.25) is 0 Å². The minimum absolute atomic E-state index is 0.0694. The standard InChI is InChI=1S/C20H20FN5O/c1-13(15-4-2-3-5-17(15)21)20-23-11-18(24-25-20)16-7-6-14(10-19(16)27)26-9-8-22-12-26/h6-12,15,17,27H,1-5H2/t15-,17+/m0/s1. The Kier molecular flexibility index (Phi) is 4.66. The van der Waals surface area contributed by atoms with E-state index in [4.69, 9.17) is 0 Å². The summed E-state index contributed by atoms with van der Waals surface area (Å²) in [6.45, 7) is 4.00. The number of hydrogen-bond acceptors (Lipinski definition) is 5. The van der Waals surface area contributed by atoms with Crippen LogP contribution in [0.4, 0.5) is 4.39 Å². The molecular formula is C20H20FN5O. The predicted octanol–water partition coefficient (Wildman–Crippen LogP) is 3.97. The van der Waals surface area contributed by atoms with Gasteiger partial charge in [-0.25, -0.2) is 14.4 Å². The number of phenols is 1. The maximum Gasteiger partial charge on any atom is 0.177 e. The zero-order valence-electron chi connectivity index (χ0n) is 14.8. The van der Waals surface area contributed by atoms with E-state index in [0.717, 1.165) is 24.9 Å². The average Bonchev–Trinajstić information content (AvgIpc) is 3.23. The fourth-order valence-corrected chi connectivity index (χ4v) is 3.50. The number of aromatic hydroxyl groups is 1. The van der Waals surface area contributed by atoms with Crippen LogP contribution < -0.4 is 0 Å². The summed E-state index contributed by atoms with van der Waals surface area (Å²) in [5, 5.41) is 18.7. The van der Waals surface area contributed by atoms with Crippen LogP contribution in [0.15, 0.2) is 49.7 Å². The van der Waals surface area contributed by atoms with Crippen molar-refractivity contribution in [3.05, 3.63) is 55.5 Å². The second-order valence-corrected chi connectivity index (χ2v) is 6.77. The lowest BCUT2D eigenvalue weighted by atomic mass is 9.82. The van der Waals surface area contributed by atoms with E-state index in [1.54, 1.807) is 35.4 Å². The van der Waals surface area contributed by atoms with E-state index in [2.05, 4.69) is 26.7 Å². The first-order chi connectivity index (χ1) is 13.1. The minimum atomic E-state index is -0.894. The highest BCUT2D eigenvalue weighted by atomic mass is 19.1. The third-order valence-corrected chi connectivity index (χ3v) is 5.04. The van der Waals surface area contributed by atoms with Crippen molar-refractivity contribution in [3.8, 4) is 22.7 Å². The van der Waals surface area contributed by atoms with Gasteiger partial charge in [0.05, 0.1) is 18.2 Å². The Balaban J connectivity index is 1.56. The Hall–Kier alpha value is -3.09. The largest absolute Gasteiger partial charge is 0.507 e. The molecule has 0 spiro atoms. The smallest absolute Gasteiger partial charge is 0.177 e. The molecule has 1 N–H and O–H groups in total. The average molecular weight is 365 g/mol. The van der Waals surface area contributed by atoms with Gasteiger partial charge in [0.2, 0.25) is 0 Å². The highest BCUT2D eigenvalue weighted by Gasteiger charge is 2.29. The van der Waals surface area contributed by atoms with E-state index in [0.29, 0.717) is 29.1 Å². The van der Waals surface area contributed by atoms with Crippen molar-refractivity contribution in [1.29, 1.82) is 0 Å². The summed E-state index contributed by atoms with van der Waals surface area (Å²) >= 11 is 0. The van der Waals surface area contributed by atoms with E-state index in [1.807, 2.05) is 6.07 Å². The maximum atomic E-state index is 14.2. The minimum Gasteiger partial charge on any atom is -0.507 e. The van der Waals surface area contributed by atoms with Crippen LogP contribution in [-0.4, -0.2) is 36.0 Å². The number of rotatable bonds is 4. The molecule has 3 aromatic rings. The van der Waals surface area contributed by atoms with Gasteiger partial charge in [-0.15, -0.1) is 10.2 Å². The van der Waals surface area contributed by atoms with Crippen molar-refractivity contribution in [3.63, 3.8) is 0 Å². The molecule has 0 saturated heterocycles. The van der Waals surface area contributed by atoms with Crippen molar-refractivity contribution in [2.75, 3.05) is 0 Å². The molecule has 1 aromatic carbocycles. The van der Waals surface area contributed by atoms with Crippen LogP contribution >= 0.6 is 0 Å². The first-order valence-corrected chi connectivity index (χ1v) is 8.98. The Morgan fingerprint density at radius 3 is 2.74 bits per heavy atom. The summed E-state index contributed by atoms with van der Waals surface area (Å²) in [6.07, 6.45) is 8.99. The molecular weight excluding hydrogens is 345 g/mol. The fourth-order valence-electron chi connectivity index (χ4n) is 3.50. The molecule has 0 bridgehead atoms. The van der Waals surface area contributed by atoms with Crippen molar-refractivity contribution >= 4 is 5.57 Å². The Labute approximate surface area is 156 Å². The van der Waals surface area contributed by atoms with Crippen LogP contribution in [0, 0.1) is 5.92 Å². The van der Waals surface area contributed by atoms with Gasteiger partial charge in [-0.05, 0) is 30.5 Å². The number of nitrogens with zero attached hydrogens (tertiary/aromatic N) is 5. The topological polar surface area (TPSA) is 76.7 Å². The normalized spacial score (nSPS) is 19.7. The lowest BCUT2D eigenvalue weighted by molar-refractivity contribution is 0.204. The molecule has 1 aliphatic rings. The van der Waals surface area contributed by atoms with E-state index in [9.17, 15) is 9.50 Å². The van der Waals surface area contributed by atoms with Gasteiger partial charge >= 0.3 is 0 Å². The number of allylic oxidation sites excluding steroid dienone is 1. The lowest BCUT2D eigenvalue weighted by Gasteiger charge is -2.26. The van der Waals surface area contributed by atoms with Gasteiger partial charge < -0.3 is 9.67 Å². The van der Waals surface area contributed by atoms with Gasteiger partial charge in [-0.3, -0.25) is 0 Å². The molecule has 1 fully saturated rings. The number of aromatic nitrogens is 5. The second-order valence-electron chi connectivity index (χ2n) is 6.77. The quantitative estimate of drug-likeness (QED) is 0.757. The first-order valence-electron chi connectivity index (χ1n) is 8.98. The molecule has 2 heterocycles. The van der Waals surface area contributed by atoms with Crippen molar-refractivity contribution in [1.82, 2.24) is 24.7 Å². The summed E-state index contributed by atoms with van der Waals surface area (Å²) in [5.41, 5.74) is 2.35. The molecule has 138 valence electrons. The van der Waals surface area contributed by atoms with Crippen molar-refractivity contribution in [2.24, 2.45) is 5.92 Å².